The third-order valence-corrected chi connectivity index (χ3v) is 4.02. The van der Waals surface area contributed by atoms with Crippen LogP contribution in [0.25, 0.3) is 0 Å². The molecule has 0 bridgehead atoms. The van der Waals surface area contributed by atoms with Crippen LogP contribution in [-0.2, 0) is 13.5 Å². The van der Waals surface area contributed by atoms with Crippen LogP contribution in [0.2, 0.25) is 0 Å². The van der Waals surface area contributed by atoms with E-state index in [2.05, 4.69) is 42.9 Å². The number of halogens is 1. The lowest BCUT2D eigenvalue weighted by Crippen LogP contribution is -2.26. The van der Waals surface area contributed by atoms with Crippen LogP contribution in [0.5, 0.6) is 0 Å². The van der Waals surface area contributed by atoms with Crippen molar-refractivity contribution in [3.05, 3.63) is 40.3 Å². The van der Waals surface area contributed by atoms with Gasteiger partial charge in [0.2, 0.25) is 5.95 Å². The van der Waals surface area contributed by atoms with E-state index < -0.39 is 0 Å². The molecular formula is C16H20FN3. The molecular weight excluding hydrogens is 253 g/mol. The van der Waals surface area contributed by atoms with Gasteiger partial charge in [-0.1, -0.05) is 17.7 Å². The van der Waals surface area contributed by atoms with Gasteiger partial charge in [-0.15, -0.1) is 0 Å². The highest BCUT2D eigenvalue weighted by Gasteiger charge is 2.27. The van der Waals surface area contributed by atoms with Gasteiger partial charge in [-0.25, -0.2) is 4.68 Å². The Kier molecular flexibility index (Phi) is 3.04. The van der Waals surface area contributed by atoms with Crippen LogP contribution < -0.4 is 4.90 Å². The van der Waals surface area contributed by atoms with Crippen LogP contribution in [0, 0.1) is 26.7 Å². The second-order valence-electron chi connectivity index (χ2n) is 5.72. The van der Waals surface area contributed by atoms with Gasteiger partial charge in [0.1, 0.15) is 0 Å². The third kappa shape index (κ3) is 1.90. The molecule has 3 rings (SSSR count). The standard InChI is InChI=1S/C16H20FN3/c1-10-8-11(2)14(12(3)9-10)20-7-5-6-13-15(17)19(4)18-16(13)20/h8-9H,5-7H2,1-4H3. The van der Waals surface area contributed by atoms with Crippen LogP contribution >= 0.6 is 0 Å². The average molecular weight is 273 g/mol. The van der Waals surface area contributed by atoms with E-state index in [0.29, 0.717) is 0 Å². The first-order valence-corrected chi connectivity index (χ1v) is 7.06. The SMILES string of the molecule is Cc1cc(C)c(N2CCCc3c2nn(C)c3F)c(C)c1. The normalized spacial score (nSPS) is 14.6. The molecule has 0 saturated carbocycles. The molecule has 0 unspecified atom stereocenters. The summed E-state index contributed by atoms with van der Waals surface area (Å²) in [6, 6.07) is 4.35. The maximum absolute atomic E-state index is 14.1. The van der Waals surface area contributed by atoms with Crippen molar-refractivity contribution < 1.29 is 4.39 Å². The van der Waals surface area contributed by atoms with E-state index in [1.807, 2.05) is 0 Å². The molecule has 2 aromatic rings. The van der Waals surface area contributed by atoms with Gasteiger partial charge in [-0.2, -0.15) is 9.49 Å². The van der Waals surface area contributed by atoms with Crippen molar-refractivity contribution in [1.82, 2.24) is 9.78 Å². The minimum absolute atomic E-state index is 0.202. The van der Waals surface area contributed by atoms with E-state index in [0.717, 1.165) is 30.8 Å². The molecule has 1 aliphatic rings. The van der Waals surface area contributed by atoms with E-state index in [1.165, 1.54) is 27.1 Å². The largest absolute Gasteiger partial charge is 0.324 e. The molecule has 0 radical (unpaired) electrons. The number of hydrogen-bond acceptors (Lipinski definition) is 2. The average Bonchev–Trinajstić information content (AvgIpc) is 2.66. The summed E-state index contributed by atoms with van der Waals surface area (Å²) in [6.45, 7) is 7.23. The van der Waals surface area contributed by atoms with Gasteiger partial charge in [-0.3, -0.25) is 0 Å². The quantitative estimate of drug-likeness (QED) is 0.792. The first kappa shape index (κ1) is 13.2. The molecule has 1 aromatic carbocycles. The molecule has 0 fully saturated rings. The van der Waals surface area contributed by atoms with Crippen LogP contribution in [0.3, 0.4) is 0 Å². The minimum Gasteiger partial charge on any atom is -0.324 e. The van der Waals surface area contributed by atoms with Gasteiger partial charge in [0.25, 0.3) is 0 Å². The highest BCUT2D eigenvalue weighted by atomic mass is 19.1. The Morgan fingerprint density at radius 1 is 1.15 bits per heavy atom. The predicted octanol–water partition coefficient (Wildman–Crippen LogP) is 3.57. The van der Waals surface area contributed by atoms with Crippen molar-refractivity contribution in [3.63, 3.8) is 0 Å². The van der Waals surface area contributed by atoms with Gasteiger partial charge in [0.15, 0.2) is 5.82 Å². The van der Waals surface area contributed by atoms with E-state index in [1.54, 1.807) is 7.05 Å². The second-order valence-corrected chi connectivity index (χ2v) is 5.72. The molecule has 0 saturated heterocycles. The Bertz CT molecular complexity index is 650. The maximum Gasteiger partial charge on any atom is 0.216 e. The molecule has 1 aliphatic heterocycles. The van der Waals surface area contributed by atoms with Crippen molar-refractivity contribution in [2.75, 3.05) is 11.4 Å². The fraction of sp³-hybridized carbons (Fsp3) is 0.438. The zero-order valence-electron chi connectivity index (χ0n) is 12.5. The summed E-state index contributed by atoms with van der Waals surface area (Å²) in [5, 5.41) is 4.38. The Morgan fingerprint density at radius 2 is 1.80 bits per heavy atom. The molecule has 20 heavy (non-hydrogen) atoms. The molecule has 2 heterocycles. The van der Waals surface area contributed by atoms with Crippen molar-refractivity contribution in [2.24, 2.45) is 7.05 Å². The first-order chi connectivity index (χ1) is 9.49. The first-order valence-electron chi connectivity index (χ1n) is 7.06. The van der Waals surface area contributed by atoms with Crippen LogP contribution in [0.4, 0.5) is 15.9 Å². The van der Waals surface area contributed by atoms with Crippen LogP contribution in [0.15, 0.2) is 12.1 Å². The van der Waals surface area contributed by atoms with Crippen LogP contribution in [-0.4, -0.2) is 16.3 Å². The van der Waals surface area contributed by atoms with Crippen molar-refractivity contribution >= 4 is 11.5 Å². The molecule has 0 spiro atoms. The molecule has 3 nitrogen and oxygen atoms in total. The Labute approximate surface area is 119 Å². The van der Waals surface area contributed by atoms with Crippen LogP contribution in [0.1, 0.15) is 28.7 Å². The monoisotopic (exact) mass is 273 g/mol. The van der Waals surface area contributed by atoms with Gasteiger partial charge in [0, 0.05) is 19.3 Å². The van der Waals surface area contributed by atoms with E-state index in [-0.39, 0.29) is 5.95 Å². The Balaban J connectivity index is 2.16. The Morgan fingerprint density at radius 3 is 2.45 bits per heavy atom. The molecule has 1 aromatic heterocycles. The zero-order valence-corrected chi connectivity index (χ0v) is 12.5. The summed E-state index contributed by atoms with van der Waals surface area (Å²) < 4.78 is 15.4. The highest BCUT2D eigenvalue weighted by molar-refractivity contribution is 5.70. The maximum atomic E-state index is 14.1. The summed E-state index contributed by atoms with van der Waals surface area (Å²) in [5.41, 5.74) is 5.63. The number of hydrogen-bond donors (Lipinski definition) is 0. The van der Waals surface area contributed by atoms with Gasteiger partial charge in [-0.05, 0) is 44.7 Å². The van der Waals surface area contributed by atoms with Crippen molar-refractivity contribution in [2.45, 2.75) is 33.6 Å². The minimum atomic E-state index is -0.202. The van der Waals surface area contributed by atoms with Gasteiger partial charge >= 0.3 is 0 Å². The number of rotatable bonds is 1. The summed E-state index contributed by atoms with van der Waals surface area (Å²) in [5.74, 6) is 0.582. The fourth-order valence-electron chi connectivity index (χ4n) is 3.30. The Hall–Kier alpha value is -1.84. The third-order valence-electron chi connectivity index (χ3n) is 4.02. The lowest BCUT2D eigenvalue weighted by atomic mass is 10.0. The molecule has 0 amide bonds. The zero-order chi connectivity index (χ0) is 14.4. The molecule has 106 valence electrons. The topological polar surface area (TPSA) is 21.1 Å². The number of nitrogens with zero attached hydrogens (tertiary/aromatic N) is 3. The highest BCUT2D eigenvalue weighted by Crippen LogP contribution is 2.37. The molecule has 0 N–H and O–H groups in total. The number of aromatic nitrogens is 2. The van der Waals surface area contributed by atoms with E-state index in [9.17, 15) is 4.39 Å². The van der Waals surface area contributed by atoms with E-state index in [4.69, 9.17) is 0 Å². The number of anilines is 2. The van der Waals surface area contributed by atoms with Crippen molar-refractivity contribution in [3.8, 4) is 0 Å². The fourth-order valence-corrected chi connectivity index (χ4v) is 3.30. The van der Waals surface area contributed by atoms with Crippen molar-refractivity contribution in [1.29, 1.82) is 0 Å². The number of benzene rings is 1. The summed E-state index contributed by atoms with van der Waals surface area (Å²) in [6.07, 6.45) is 1.73. The number of fused-ring (bicyclic) bond motifs is 1. The van der Waals surface area contributed by atoms with E-state index >= 15 is 0 Å². The second kappa shape index (κ2) is 4.62. The summed E-state index contributed by atoms with van der Waals surface area (Å²) in [7, 11) is 1.67. The van der Waals surface area contributed by atoms with Gasteiger partial charge in [0.05, 0.1) is 5.56 Å². The summed E-state index contributed by atoms with van der Waals surface area (Å²) >= 11 is 0. The summed E-state index contributed by atoms with van der Waals surface area (Å²) in [4.78, 5) is 2.17. The molecule has 0 aliphatic carbocycles. The lowest BCUT2D eigenvalue weighted by molar-refractivity contribution is 0.494. The predicted molar refractivity (Wildman–Crippen MR) is 79.1 cm³/mol. The number of aryl methyl sites for hydroxylation is 4. The molecule has 4 heteroatoms. The van der Waals surface area contributed by atoms with Gasteiger partial charge < -0.3 is 4.90 Å². The smallest absolute Gasteiger partial charge is 0.216 e. The molecule has 0 atom stereocenters. The lowest BCUT2D eigenvalue weighted by Gasteiger charge is -2.30.